The number of aryl methyl sites for hydroxylation is 1. The fourth-order valence-electron chi connectivity index (χ4n) is 2.50. The van der Waals surface area contributed by atoms with E-state index in [0.717, 1.165) is 5.56 Å². The Kier molecular flexibility index (Phi) is 8.80. The van der Waals surface area contributed by atoms with Crippen LogP contribution in [0.25, 0.3) is 10.6 Å². The molecule has 0 aliphatic rings. The zero-order valence-electron chi connectivity index (χ0n) is 17.1. The van der Waals surface area contributed by atoms with Crippen LogP contribution in [0.2, 0.25) is 0 Å². The smallest absolute Gasteiger partial charge is 0.350 e. The van der Waals surface area contributed by atoms with Crippen LogP contribution in [0.15, 0.2) is 18.2 Å². The van der Waals surface area contributed by atoms with Gasteiger partial charge in [0, 0.05) is 12.0 Å². The van der Waals surface area contributed by atoms with Gasteiger partial charge in [-0.1, -0.05) is 35.7 Å². The zero-order chi connectivity index (χ0) is 22.3. The maximum absolute atomic E-state index is 13.2. The highest BCUT2D eigenvalue weighted by Crippen LogP contribution is 2.32. The molecule has 1 aromatic carbocycles. The summed E-state index contributed by atoms with van der Waals surface area (Å²) in [6.07, 6.45) is 5.35. The number of hydrogen-bond donors (Lipinski definition) is 0. The second-order valence-corrected chi connectivity index (χ2v) is 8.78. The summed E-state index contributed by atoms with van der Waals surface area (Å²) in [6, 6.07) is 5.43. The van der Waals surface area contributed by atoms with Crippen LogP contribution in [-0.4, -0.2) is 35.4 Å². The topological polar surface area (TPSA) is 48.4 Å². The predicted octanol–water partition coefficient (Wildman–Crippen LogP) is 6.10. The van der Waals surface area contributed by atoms with Gasteiger partial charge in [-0.15, -0.1) is 17.8 Å². The molecule has 2 rings (SSSR count). The Labute approximate surface area is 188 Å². The lowest BCUT2D eigenvalue weighted by Gasteiger charge is -2.12. The second-order valence-electron chi connectivity index (χ2n) is 7.22. The van der Waals surface area contributed by atoms with Gasteiger partial charge in [0.05, 0.1) is 29.8 Å². The molecule has 0 N–H and O–H groups in total. The lowest BCUT2D eigenvalue weighted by atomic mass is 10.1. The number of rotatable bonds is 10. The Morgan fingerprint density at radius 3 is 2.77 bits per heavy atom. The van der Waals surface area contributed by atoms with Gasteiger partial charge in [0.2, 0.25) is 0 Å². The van der Waals surface area contributed by atoms with Crippen LogP contribution < -0.4 is 4.74 Å². The van der Waals surface area contributed by atoms with Crippen molar-refractivity contribution in [2.24, 2.45) is 5.92 Å². The predicted molar refractivity (Wildman–Crippen MR) is 119 cm³/mol. The van der Waals surface area contributed by atoms with Crippen molar-refractivity contribution in [3.8, 4) is 28.7 Å². The normalized spacial score (nSPS) is 11.4. The van der Waals surface area contributed by atoms with E-state index in [0.29, 0.717) is 39.4 Å². The summed E-state index contributed by atoms with van der Waals surface area (Å²) < 4.78 is 37.3. The number of aromatic nitrogens is 1. The van der Waals surface area contributed by atoms with Gasteiger partial charge in [-0.2, -0.15) is 0 Å². The van der Waals surface area contributed by atoms with E-state index in [1.807, 2.05) is 6.07 Å². The summed E-state index contributed by atoms with van der Waals surface area (Å²) in [5.41, 5.74) is 1.90. The average Bonchev–Trinajstić information content (AvgIpc) is 3.11. The molecule has 0 radical (unpaired) electrons. The molecule has 0 spiro atoms. The molecule has 0 saturated heterocycles. The van der Waals surface area contributed by atoms with E-state index in [9.17, 15) is 13.6 Å². The molecule has 0 unspecified atom stereocenters. The molecular weight excluding hydrogens is 476 g/mol. The van der Waals surface area contributed by atoms with Crippen molar-refractivity contribution in [1.82, 2.24) is 4.98 Å². The van der Waals surface area contributed by atoms with Crippen molar-refractivity contribution >= 4 is 33.2 Å². The summed E-state index contributed by atoms with van der Waals surface area (Å²) in [5.74, 6) is 0.252. The van der Waals surface area contributed by atoms with E-state index in [1.165, 1.54) is 11.3 Å². The first-order valence-corrected chi connectivity index (χ1v) is 11.4. The molecule has 0 aliphatic carbocycles. The van der Waals surface area contributed by atoms with Crippen LogP contribution in [0.1, 0.15) is 47.6 Å². The molecule has 0 atom stereocenters. The molecule has 0 saturated carbocycles. The van der Waals surface area contributed by atoms with Gasteiger partial charge in [-0.25, -0.2) is 18.6 Å². The number of terminal acetylenes is 1. The number of carbonyl (C=O) groups excluding carboxylic acids is 1. The third-order valence-corrected chi connectivity index (χ3v) is 6.06. The Balaban J connectivity index is 2.08. The summed E-state index contributed by atoms with van der Waals surface area (Å²) >= 11 is 3.95. The second kappa shape index (κ2) is 10.9. The van der Waals surface area contributed by atoms with Gasteiger partial charge in [0.15, 0.2) is 0 Å². The van der Waals surface area contributed by atoms with Gasteiger partial charge in [0.1, 0.15) is 15.6 Å². The first-order valence-electron chi connectivity index (χ1n) is 9.49. The molecule has 4 nitrogen and oxygen atoms in total. The number of alkyl halides is 3. The van der Waals surface area contributed by atoms with Gasteiger partial charge in [-0.05, 0) is 37.5 Å². The first-order chi connectivity index (χ1) is 14.2. The molecule has 0 fully saturated rings. The van der Waals surface area contributed by atoms with Crippen molar-refractivity contribution in [2.75, 3.05) is 18.5 Å². The van der Waals surface area contributed by atoms with Gasteiger partial charge < -0.3 is 9.47 Å². The van der Waals surface area contributed by atoms with Crippen LogP contribution in [0.3, 0.4) is 0 Å². The number of thiazole rings is 1. The molecule has 1 aromatic heterocycles. The lowest BCUT2D eigenvalue weighted by Crippen LogP contribution is -2.18. The van der Waals surface area contributed by atoms with Crippen molar-refractivity contribution in [3.63, 3.8) is 0 Å². The summed E-state index contributed by atoms with van der Waals surface area (Å²) in [5, 5.41) is 0.212. The number of ether oxygens (including phenoxy) is 2. The van der Waals surface area contributed by atoms with Crippen molar-refractivity contribution < 1.29 is 23.0 Å². The van der Waals surface area contributed by atoms with E-state index in [1.54, 1.807) is 19.1 Å². The molecule has 8 heteroatoms. The van der Waals surface area contributed by atoms with Crippen LogP contribution in [-0.2, 0) is 4.74 Å². The van der Waals surface area contributed by atoms with E-state index < -0.39 is 17.2 Å². The minimum absolute atomic E-state index is 0.0722. The summed E-state index contributed by atoms with van der Waals surface area (Å²) in [6.45, 7) is 6.29. The SMILES string of the molecule is C#Cc1cc(-c2nc(C)c(C(=O)OCCCC(F)(F)CBr)s2)ccc1OCC(C)C. The number of esters is 1. The number of carbonyl (C=O) groups is 1. The monoisotopic (exact) mass is 499 g/mol. The molecule has 0 aliphatic heterocycles. The van der Waals surface area contributed by atoms with E-state index >= 15 is 0 Å². The van der Waals surface area contributed by atoms with Gasteiger partial charge in [0.25, 0.3) is 5.92 Å². The zero-order valence-corrected chi connectivity index (χ0v) is 19.5. The maximum atomic E-state index is 13.2. The van der Waals surface area contributed by atoms with Crippen molar-refractivity contribution in [2.45, 2.75) is 39.5 Å². The summed E-state index contributed by atoms with van der Waals surface area (Å²) in [7, 11) is 0. The third-order valence-electron chi connectivity index (χ3n) is 4.05. The molecule has 1 heterocycles. The quantitative estimate of drug-likeness (QED) is 0.171. The Hall–Kier alpha value is -1.98. The first kappa shape index (κ1) is 24.3. The van der Waals surface area contributed by atoms with E-state index in [2.05, 4.69) is 40.7 Å². The highest BCUT2D eigenvalue weighted by atomic mass is 79.9. The van der Waals surface area contributed by atoms with Crippen LogP contribution in [0.5, 0.6) is 5.75 Å². The number of nitrogens with zero attached hydrogens (tertiary/aromatic N) is 1. The number of benzene rings is 1. The molecule has 2 aromatic rings. The molecule has 0 bridgehead atoms. The fraction of sp³-hybridized carbons (Fsp3) is 0.455. The van der Waals surface area contributed by atoms with E-state index in [4.69, 9.17) is 15.9 Å². The number of hydrogen-bond acceptors (Lipinski definition) is 5. The molecule has 30 heavy (non-hydrogen) atoms. The third kappa shape index (κ3) is 6.78. The number of halogens is 3. The Morgan fingerprint density at radius 2 is 2.13 bits per heavy atom. The van der Waals surface area contributed by atoms with Gasteiger partial charge >= 0.3 is 5.97 Å². The van der Waals surface area contributed by atoms with Crippen molar-refractivity contribution in [3.05, 3.63) is 34.3 Å². The minimum atomic E-state index is -2.81. The molecule has 0 amide bonds. The Morgan fingerprint density at radius 1 is 1.40 bits per heavy atom. The standard InChI is InChI=1S/C22H24BrF2NO3S/c1-5-16-11-17(7-8-18(16)29-12-14(2)3)20-26-15(4)19(30-20)21(27)28-10-6-9-22(24,25)13-23/h1,7-8,11,14H,6,9-10,12-13H2,2-4H3. The van der Waals surface area contributed by atoms with Crippen LogP contribution in [0.4, 0.5) is 8.78 Å². The average molecular weight is 500 g/mol. The highest BCUT2D eigenvalue weighted by molar-refractivity contribution is 9.09. The van der Waals surface area contributed by atoms with Gasteiger partial charge in [-0.3, -0.25) is 0 Å². The van der Waals surface area contributed by atoms with Crippen LogP contribution in [0, 0.1) is 25.2 Å². The minimum Gasteiger partial charge on any atom is -0.492 e. The lowest BCUT2D eigenvalue weighted by molar-refractivity contribution is 0.00816. The van der Waals surface area contributed by atoms with Crippen molar-refractivity contribution in [1.29, 1.82) is 0 Å². The Bertz CT molecular complexity index is 922. The van der Waals surface area contributed by atoms with Crippen LogP contribution >= 0.6 is 27.3 Å². The molecule has 162 valence electrons. The molecular formula is C22H24BrF2NO3S. The van der Waals surface area contributed by atoms with E-state index in [-0.39, 0.29) is 19.4 Å². The summed E-state index contributed by atoms with van der Waals surface area (Å²) in [4.78, 5) is 17.1. The fourth-order valence-corrected chi connectivity index (χ4v) is 3.73. The highest BCUT2D eigenvalue weighted by Gasteiger charge is 2.26. The maximum Gasteiger partial charge on any atom is 0.350 e. The largest absolute Gasteiger partial charge is 0.492 e.